The summed E-state index contributed by atoms with van der Waals surface area (Å²) in [6, 6.07) is 4.11. The van der Waals surface area contributed by atoms with Crippen molar-refractivity contribution in [1.82, 2.24) is 20.1 Å². The number of fused-ring (bicyclic) bond motifs is 1. The fourth-order valence-corrected chi connectivity index (χ4v) is 4.39. The number of nitrogens with zero attached hydrogens (tertiary/aromatic N) is 2. The Morgan fingerprint density at radius 2 is 2.04 bits per heavy atom. The number of hydrogen-bond acceptors (Lipinski definition) is 3. The van der Waals surface area contributed by atoms with Crippen LogP contribution >= 0.6 is 0 Å². The average Bonchev–Trinajstić information content (AvgIpc) is 3.18. The van der Waals surface area contributed by atoms with Crippen molar-refractivity contribution in [3.63, 3.8) is 0 Å². The lowest BCUT2D eigenvalue weighted by Crippen LogP contribution is -2.41. The molecule has 2 aromatic heterocycles. The van der Waals surface area contributed by atoms with E-state index >= 15 is 0 Å². The Morgan fingerprint density at radius 3 is 2.68 bits per heavy atom. The van der Waals surface area contributed by atoms with Crippen LogP contribution in [-0.2, 0) is 18.3 Å². The van der Waals surface area contributed by atoms with Crippen molar-refractivity contribution >= 4 is 16.8 Å². The van der Waals surface area contributed by atoms with Gasteiger partial charge in [-0.3, -0.25) is 9.48 Å². The van der Waals surface area contributed by atoms with Crippen molar-refractivity contribution in [2.75, 3.05) is 0 Å². The molecule has 0 spiro atoms. The van der Waals surface area contributed by atoms with Gasteiger partial charge >= 0.3 is 0 Å². The first-order chi connectivity index (χ1) is 13.3. The van der Waals surface area contributed by atoms with Gasteiger partial charge in [0.25, 0.3) is 0 Å². The van der Waals surface area contributed by atoms with Crippen LogP contribution in [0.1, 0.15) is 46.8 Å². The topological polar surface area (TPSA) is 82.9 Å². The monoisotopic (exact) mass is 380 g/mol. The SMILES string of the molecule is Cc1[nH]c2c(C)ccc(C)c2c1CC(=O)N[C@H](c1cnn(C)c1)C1CC(O)C1. The second-order valence-corrected chi connectivity index (χ2v) is 8.23. The minimum Gasteiger partial charge on any atom is -0.393 e. The Labute approximate surface area is 165 Å². The van der Waals surface area contributed by atoms with Gasteiger partial charge in [0.15, 0.2) is 0 Å². The molecule has 3 N–H and O–H groups in total. The second kappa shape index (κ2) is 7.09. The molecule has 0 bridgehead atoms. The second-order valence-electron chi connectivity index (χ2n) is 8.23. The van der Waals surface area contributed by atoms with Gasteiger partial charge in [0.1, 0.15) is 0 Å². The minimum absolute atomic E-state index is 0.000138. The predicted octanol–water partition coefficient (Wildman–Crippen LogP) is 3.00. The predicted molar refractivity (Wildman–Crippen MR) is 109 cm³/mol. The molecule has 4 rings (SSSR count). The number of aromatic nitrogens is 3. The van der Waals surface area contributed by atoms with E-state index in [9.17, 15) is 9.90 Å². The van der Waals surface area contributed by atoms with Crippen LogP contribution in [0.4, 0.5) is 0 Å². The lowest BCUT2D eigenvalue weighted by molar-refractivity contribution is -0.122. The fraction of sp³-hybridized carbons (Fsp3) is 0.455. The molecule has 0 unspecified atom stereocenters. The number of rotatable bonds is 5. The molecule has 6 nitrogen and oxygen atoms in total. The molecular weight excluding hydrogens is 352 g/mol. The number of aryl methyl sites for hydroxylation is 4. The number of aliphatic hydroxyl groups excluding tert-OH is 1. The number of carbonyl (C=O) groups is 1. The summed E-state index contributed by atoms with van der Waals surface area (Å²) in [5.74, 6) is 0.247. The van der Waals surface area contributed by atoms with Crippen LogP contribution in [0.25, 0.3) is 10.9 Å². The van der Waals surface area contributed by atoms with E-state index in [2.05, 4.69) is 41.4 Å². The Morgan fingerprint density at radius 1 is 1.32 bits per heavy atom. The molecule has 2 heterocycles. The summed E-state index contributed by atoms with van der Waals surface area (Å²) in [5.41, 5.74) is 6.58. The first-order valence-electron chi connectivity index (χ1n) is 9.86. The molecule has 1 atom stereocenters. The Bertz CT molecular complexity index is 1030. The van der Waals surface area contributed by atoms with Crippen molar-refractivity contribution in [1.29, 1.82) is 0 Å². The van der Waals surface area contributed by atoms with Gasteiger partial charge in [-0.25, -0.2) is 0 Å². The first kappa shape index (κ1) is 18.7. The van der Waals surface area contributed by atoms with E-state index in [1.165, 1.54) is 11.1 Å². The minimum atomic E-state index is -0.262. The van der Waals surface area contributed by atoms with Crippen molar-refractivity contribution in [3.05, 3.63) is 52.5 Å². The van der Waals surface area contributed by atoms with Crippen molar-refractivity contribution in [2.45, 2.75) is 52.2 Å². The molecule has 1 saturated carbocycles. The highest BCUT2D eigenvalue weighted by molar-refractivity contribution is 5.94. The third-order valence-electron chi connectivity index (χ3n) is 6.05. The van der Waals surface area contributed by atoms with Crippen LogP contribution in [0.2, 0.25) is 0 Å². The molecular formula is C22H28N4O2. The van der Waals surface area contributed by atoms with E-state index in [0.29, 0.717) is 19.3 Å². The first-order valence-corrected chi connectivity index (χ1v) is 9.86. The lowest BCUT2D eigenvalue weighted by Gasteiger charge is -2.37. The highest BCUT2D eigenvalue weighted by Crippen LogP contribution is 2.38. The molecule has 1 fully saturated rings. The highest BCUT2D eigenvalue weighted by Gasteiger charge is 2.36. The summed E-state index contributed by atoms with van der Waals surface area (Å²) in [6.07, 6.45) is 5.25. The molecule has 3 aromatic rings. The maximum Gasteiger partial charge on any atom is 0.225 e. The van der Waals surface area contributed by atoms with E-state index in [0.717, 1.165) is 27.7 Å². The van der Waals surface area contributed by atoms with Crippen LogP contribution in [0, 0.1) is 26.7 Å². The van der Waals surface area contributed by atoms with Crippen LogP contribution < -0.4 is 5.32 Å². The summed E-state index contributed by atoms with van der Waals surface area (Å²) in [5, 5.41) is 18.4. The van der Waals surface area contributed by atoms with Crippen molar-refractivity contribution in [2.24, 2.45) is 13.0 Å². The van der Waals surface area contributed by atoms with Crippen molar-refractivity contribution in [3.8, 4) is 0 Å². The smallest absolute Gasteiger partial charge is 0.225 e. The van der Waals surface area contributed by atoms with Gasteiger partial charge in [0.05, 0.1) is 24.8 Å². The molecule has 0 aliphatic heterocycles. The average molecular weight is 380 g/mol. The van der Waals surface area contributed by atoms with Gasteiger partial charge in [-0.05, 0) is 56.2 Å². The quantitative estimate of drug-likeness (QED) is 0.636. The van der Waals surface area contributed by atoms with E-state index in [-0.39, 0.29) is 24.0 Å². The molecule has 28 heavy (non-hydrogen) atoms. The maximum absolute atomic E-state index is 13.0. The number of H-pyrrole nitrogens is 1. The van der Waals surface area contributed by atoms with Gasteiger partial charge in [-0.2, -0.15) is 5.10 Å². The van der Waals surface area contributed by atoms with Crippen molar-refractivity contribution < 1.29 is 9.90 Å². The Balaban J connectivity index is 1.58. The molecule has 1 aromatic carbocycles. The van der Waals surface area contributed by atoms with Gasteiger partial charge in [0, 0.05) is 35.4 Å². The molecule has 6 heteroatoms. The van der Waals surface area contributed by atoms with Crippen LogP contribution in [0.5, 0.6) is 0 Å². The van der Waals surface area contributed by atoms with Gasteiger partial charge < -0.3 is 15.4 Å². The van der Waals surface area contributed by atoms with Gasteiger partial charge in [-0.1, -0.05) is 12.1 Å². The summed E-state index contributed by atoms with van der Waals surface area (Å²) < 4.78 is 1.75. The Hall–Kier alpha value is -2.60. The van der Waals surface area contributed by atoms with E-state index in [4.69, 9.17) is 0 Å². The Kier molecular flexibility index (Phi) is 4.75. The highest BCUT2D eigenvalue weighted by atomic mass is 16.3. The molecule has 1 aliphatic rings. The van der Waals surface area contributed by atoms with Crippen LogP contribution in [0.15, 0.2) is 24.5 Å². The molecule has 0 radical (unpaired) electrons. The summed E-state index contributed by atoms with van der Waals surface area (Å²) >= 11 is 0. The van der Waals surface area contributed by atoms with E-state index < -0.39 is 0 Å². The third kappa shape index (κ3) is 3.33. The zero-order valence-corrected chi connectivity index (χ0v) is 16.9. The van der Waals surface area contributed by atoms with Gasteiger partial charge in [0.2, 0.25) is 5.91 Å². The number of aromatic amines is 1. The number of carbonyl (C=O) groups excluding carboxylic acids is 1. The number of nitrogens with one attached hydrogen (secondary N) is 2. The summed E-state index contributed by atoms with van der Waals surface area (Å²) in [4.78, 5) is 16.5. The lowest BCUT2D eigenvalue weighted by atomic mass is 9.75. The molecule has 1 amide bonds. The van der Waals surface area contributed by atoms with Crippen LogP contribution in [-0.4, -0.2) is 31.9 Å². The molecule has 0 saturated heterocycles. The normalized spacial score (nSPS) is 20.2. The number of hydrogen-bond donors (Lipinski definition) is 3. The number of amides is 1. The molecule has 148 valence electrons. The van der Waals surface area contributed by atoms with E-state index in [1.807, 2.05) is 20.2 Å². The van der Waals surface area contributed by atoms with Crippen LogP contribution in [0.3, 0.4) is 0 Å². The zero-order chi connectivity index (χ0) is 20.0. The number of benzene rings is 1. The standard InChI is InChI=1S/C22H28N4O2/c1-12-5-6-13(2)21-20(12)18(14(3)24-21)9-19(28)25-22(15-7-17(27)8-15)16-10-23-26(4)11-16/h5-6,10-11,15,17,22,24,27H,7-9H2,1-4H3,(H,25,28)/t15?,17?,22-/m0/s1. The summed E-state index contributed by atoms with van der Waals surface area (Å²) in [6.45, 7) is 6.20. The summed E-state index contributed by atoms with van der Waals surface area (Å²) in [7, 11) is 1.87. The fourth-order valence-electron chi connectivity index (χ4n) is 4.39. The van der Waals surface area contributed by atoms with E-state index in [1.54, 1.807) is 10.9 Å². The van der Waals surface area contributed by atoms with Gasteiger partial charge in [-0.15, -0.1) is 0 Å². The zero-order valence-electron chi connectivity index (χ0n) is 16.9. The number of aliphatic hydroxyl groups is 1. The maximum atomic E-state index is 13.0. The largest absolute Gasteiger partial charge is 0.393 e. The third-order valence-corrected chi connectivity index (χ3v) is 6.05. The molecule has 1 aliphatic carbocycles.